The monoisotopic (exact) mass is 436 g/mol. The number of unbranched alkanes of at least 4 members (excludes halogenated alkanes) is 2. The van der Waals surface area contributed by atoms with Gasteiger partial charge >= 0.3 is 0 Å². The molecule has 0 aliphatic rings. The zero-order valence-electron chi connectivity index (χ0n) is 18.1. The molecule has 0 bridgehead atoms. The van der Waals surface area contributed by atoms with Gasteiger partial charge in [-0.2, -0.15) is 0 Å². The van der Waals surface area contributed by atoms with Crippen molar-refractivity contribution in [2.45, 2.75) is 52.5 Å². The lowest BCUT2D eigenvalue weighted by molar-refractivity contribution is -0.117. The second-order valence-corrected chi connectivity index (χ2v) is 8.60. The number of aromatic nitrogens is 2. The van der Waals surface area contributed by atoms with Crippen molar-refractivity contribution in [1.82, 2.24) is 15.5 Å². The van der Waals surface area contributed by atoms with Crippen LogP contribution in [0.25, 0.3) is 10.6 Å². The number of amides is 2. The van der Waals surface area contributed by atoms with E-state index in [1.165, 1.54) is 29.7 Å². The summed E-state index contributed by atoms with van der Waals surface area (Å²) >= 11 is 1.30. The first-order chi connectivity index (χ1) is 15.0. The number of hydrogen-bond acceptors (Lipinski definition) is 5. The van der Waals surface area contributed by atoms with Gasteiger partial charge in [0.15, 0.2) is 0 Å². The van der Waals surface area contributed by atoms with E-state index in [-0.39, 0.29) is 11.8 Å². The van der Waals surface area contributed by atoms with Crippen molar-refractivity contribution in [3.63, 3.8) is 0 Å². The van der Waals surface area contributed by atoms with Crippen molar-refractivity contribution in [3.8, 4) is 10.6 Å². The maximum absolute atomic E-state index is 12.5. The van der Waals surface area contributed by atoms with Crippen molar-refractivity contribution < 1.29 is 9.59 Å². The van der Waals surface area contributed by atoms with Gasteiger partial charge in [-0.25, -0.2) is 0 Å². The fraction of sp³-hybridized carbons (Fsp3) is 0.333. The standard InChI is InChI=1S/C24H28N4O2S/c1-4-5-6-9-18-11-13-19(14-12-18)22(30)25-17(3)21(29)26-24-28-27-23(31-24)20-10-7-8-16(2)15-20/h7-8,10-15,17H,4-6,9H2,1-3H3,(H,25,30)(H,26,28,29). The molecule has 2 N–H and O–H groups in total. The third-order valence-corrected chi connectivity index (χ3v) is 5.83. The molecule has 0 saturated heterocycles. The molecule has 1 atom stereocenters. The number of rotatable bonds is 9. The SMILES string of the molecule is CCCCCc1ccc(C(=O)NC(C)C(=O)Nc2nnc(-c3cccc(C)c3)s2)cc1. The highest BCUT2D eigenvalue weighted by Gasteiger charge is 2.18. The minimum atomic E-state index is -0.706. The van der Waals surface area contributed by atoms with Crippen LogP contribution in [0.4, 0.5) is 5.13 Å². The number of hydrogen-bond donors (Lipinski definition) is 2. The Labute approximate surface area is 187 Å². The Morgan fingerprint density at radius 3 is 2.55 bits per heavy atom. The van der Waals surface area contributed by atoms with E-state index in [4.69, 9.17) is 0 Å². The van der Waals surface area contributed by atoms with E-state index in [2.05, 4.69) is 27.8 Å². The Morgan fingerprint density at radius 1 is 1.06 bits per heavy atom. The van der Waals surface area contributed by atoms with Gasteiger partial charge in [0.05, 0.1) is 0 Å². The predicted molar refractivity (Wildman–Crippen MR) is 125 cm³/mol. The summed E-state index contributed by atoms with van der Waals surface area (Å²) in [5, 5.41) is 14.8. The highest BCUT2D eigenvalue weighted by Crippen LogP contribution is 2.26. The van der Waals surface area contributed by atoms with Crippen LogP contribution in [0, 0.1) is 6.92 Å². The first-order valence-electron chi connectivity index (χ1n) is 10.6. The summed E-state index contributed by atoms with van der Waals surface area (Å²) in [7, 11) is 0. The highest BCUT2D eigenvalue weighted by molar-refractivity contribution is 7.18. The van der Waals surface area contributed by atoms with Gasteiger partial charge < -0.3 is 5.32 Å². The van der Waals surface area contributed by atoms with Gasteiger partial charge in [-0.1, -0.05) is 67.0 Å². The lowest BCUT2D eigenvalue weighted by atomic mass is 10.0. The molecular weight excluding hydrogens is 408 g/mol. The third kappa shape index (κ3) is 6.46. The number of anilines is 1. The fourth-order valence-corrected chi connectivity index (χ4v) is 3.87. The minimum absolute atomic E-state index is 0.277. The van der Waals surface area contributed by atoms with Crippen molar-refractivity contribution in [2.24, 2.45) is 0 Å². The zero-order valence-corrected chi connectivity index (χ0v) is 19.0. The molecule has 6 nitrogen and oxygen atoms in total. The van der Waals surface area contributed by atoms with Crippen LogP contribution >= 0.6 is 11.3 Å². The van der Waals surface area contributed by atoms with Crippen LogP contribution in [-0.2, 0) is 11.2 Å². The molecule has 0 saturated carbocycles. The quantitative estimate of drug-likeness (QED) is 0.462. The van der Waals surface area contributed by atoms with Crippen LogP contribution in [0.3, 0.4) is 0 Å². The number of aryl methyl sites for hydroxylation is 2. The predicted octanol–water partition coefficient (Wildman–Crippen LogP) is 5.00. The van der Waals surface area contributed by atoms with Crippen molar-refractivity contribution in [2.75, 3.05) is 5.32 Å². The summed E-state index contributed by atoms with van der Waals surface area (Å²) < 4.78 is 0. The molecule has 3 rings (SSSR count). The van der Waals surface area contributed by atoms with Gasteiger partial charge in [0.2, 0.25) is 11.0 Å². The topological polar surface area (TPSA) is 84.0 Å². The molecule has 7 heteroatoms. The molecule has 2 aromatic carbocycles. The zero-order chi connectivity index (χ0) is 22.2. The van der Waals surface area contributed by atoms with Crippen molar-refractivity contribution in [1.29, 1.82) is 0 Å². The van der Waals surface area contributed by atoms with E-state index in [1.807, 2.05) is 43.3 Å². The van der Waals surface area contributed by atoms with Crippen molar-refractivity contribution >= 4 is 28.3 Å². The van der Waals surface area contributed by atoms with Crippen LogP contribution in [0.15, 0.2) is 48.5 Å². The molecule has 0 spiro atoms. The average molecular weight is 437 g/mol. The van der Waals surface area contributed by atoms with Crippen LogP contribution in [0.1, 0.15) is 54.6 Å². The second kappa shape index (κ2) is 10.8. The van der Waals surface area contributed by atoms with Gasteiger partial charge in [0.25, 0.3) is 5.91 Å². The average Bonchev–Trinajstić information content (AvgIpc) is 3.23. The summed E-state index contributed by atoms with van der Waals surface area (Å²) in [5.41, 5.74) is 3.84. The first kappa shape index (κ1) is 22.6. The summed E-state index contributed by atoms with van der Waals surface area (Å²) in [4.78, 5) is 25.0. The van der Waals surface area contributed by atoms with Crippen LogP contribution in [0.2, 0.25) is 0 Å². The molecule has 1 aromatic heterocycles. The maximum atomic E-state index is 12.5. The molecule has 0 radical (unpaired) electrons. The van der Waals surface area contributed by atoms with E-state index in [1.54, 1.807) is 19.1 Å². The van der Waals surface area contributed by atoms with E-state index >= 15 is 0 Å². The number of carbonyl (C=O) groups excluding carboxylic acids is 2. The molecule has 0 fully saturated rings. The van der Waals surface area contributed by atoms with E-state index < -0.39 is 6.04 Å². The summed E-state index contributed by atoms with van der Waals surface area (Å²) in [6, 6.07) is 14.8. The smallest absolute Gasteiger partial charge is 0.251 e. The first-order valence-corrected chi connectivity index (χ1v) is 11.4. The van der Waals surface area contributed by atoms with E-state index in [0.29, 0.717) is 10.7 Å². The van der Waals surface area contributed by atoms with E-state index in [0.717, 1.165) is 29.0 Å². The minimum Gasteiger partial charge on any atom is -0.341 e. The van der Waals surface area contributed by atoms with Gasteiger partial charge in [-0.05, 0) is 50.5 Å². The Balaban J connectivity index is 1.54. The lowest BCUT2D eigenvalue weighted by Gasteiger charge is -2.13. The van der Waals surface area contributed by atoms with E-state index in [9.17, 15) is 9.59 Å². The Morgan fingerprint density at radius 2 is 1.84 bits per heavy atom. The molecule has 1 unspecified atom stereocenters. The summed E-state index contributed by atoms with van der Waals surface area (Å²) in [5.74, 6) is -0.614. The molecule has 1 heterocycles. The number of nitrogens with one attached hydrogen (secondary N) is 2. The Hall–Kier alpha value is -3.06. The highest BCUT2D eigenvalue weighted by atomic mass is 32.1. The Bertz CT molecular complexity index is 1030. The van der Waals surface area contributed by atoms with Gasteiger partial charge in [0, 0.05) is 11.1 Å². The van der Waals surface area contributed by atoms with Gasteiger partial charge in [-0.15, -0.1) is 10.2 Å². The van der Waals surface area contributed by atoms with Crippen LogP contribution < -0.4 is 10.6 Å². The molecular formula is C24H28N4O2S. The molecule has 0 aliphatic heterocycles. The van der Waals surface area contributed by atoms with Crippen LogP contribution in [0.5, 0.6) is 0 Å². The largest absolute Gasteiger partial charge is 0.341 e. The molecule has 2 amide bonds. The number of benzene rings is 2. The number of nitrogens with zero attached hydrogens (tertiary/aromatic N) is 2. The summed E-state index contributed by atoms with van der Waals surface area (Å²) in [6.45, 7) is 5.84. The number of carbonyl (C=O) groups is 2. The molecule has 3 aromatic rings. The molecule has 31 heavy (non-hydrogen) atoms. The summed E-state index contributed by atoms with van der Waals surface area (Å²) in [6.07, 6.45) is 4.55. The van der Waals surface area contributed by atoms with Crippen LogP contribution in [-0.4, -0.2) is 28.1 Å². The van der Waals surface area contributed by atoms with Gasteiger partial charge in [-0.3, -0.25) is 14.9 Å². The third-order valence-electron chi connectivity index (χ3n) is 4.95. The lowest BCUT2D eigenvalue weighted by Crippen LogP contribution is -2.41. The normalized spacial score (nSPS) is 11.7. The Kier molecular flexibility index (Phi) is 7.89. The van der Waals surface area contributed by atoms with Gasteiger partial charge in [0.1, 0.15) is 11.0 Å². The second-order valence-electron chi connectivity index (χ2n) is 7.62. The molecule has 162 valence electrons. The maximum Gasteiger partial charge on any atom is 0.251 e. The fourth-order valence-electron chi connectivity index (χ4n) is 3.13. The molecule has 0 aliphatic carbocycles. The van der Waals surface area contributed by atoms with Crippen molar-refractivity contribution in [3.05, 3.63) is 65.2 Å².